The number of benzene rings is 2. The molecule has 6 nitrogen and oxygen atoms in total. The molecular formula is C25H31ClN2O4. The van der Waals surface area contributed by atoms with Crippen LogP contribution >= 0.6 is 11.6 Å². The van der Waals surface area contributed by atoms with E-state index in [4.69, 9.17) is 21.1 Å². The Labute approximate surface area is 194 Å². The normalized spacial score (nSPS) is 15.0. The Morgan fingerprint density at radius 3 is 2.44 bits per heavy atom. The average Bonchev–Trinajstić information content (AvgIpc) is 2.82. The van der Waals surface area contributed by atoms with E-state index in [-0.39, 0.29) is 31.0 Å². The summed E-state index contributed by atoms with van der Waals surface area (Å²) in [7, 11) is 1.61. The summed E-state index contributed by atoms with van der Waals surface area (Å²) in [6.07, 6.45) is 5.43. The van der Waals surface area contributed by atoms with E-state index in [0.29, 0.717) is 10.8 Å². The zero-order valence-corrected chi connectivity index (χ0v) is 19.4. The van der Waals surface area contributed by atoms with Crippen LogP contribution in [0.1, 0.15) is 44.6 Å². The smallest absolute Gasteiger partial charge is 0.261 e. The molecule has 0 aliphatic heterocycles. The summed E-state index contributed by atoms with van der Waals surface area (Å²) in [5.41, 5.74) is 0.897. The summed E-state index contributed by atoms with van der Waals surface area (Å²) in [6, 6.07) is 14.0. The van der Waals surface area contributed by atoms with Crippen molar-refractivity contribution in [2.24, 2.45) is 0 Å². The van der Waals surface area contributed by atoms with Crippen molar-refractivity contribution in [3.05, 3.63) is 59.1 Å². The van der Waals surface area contributed by atoms with Crippen molar-refractivity contribution < 1.29 is 19.1 Å². The fourth-order valence-corrected chi connectivity index (χ4v) is 4.05. The lowest BCUT2D eigenvalue weighted by molar-refractivity contribution is -0.142. The molecule has 0 spiro atoms. The second kappa shape index (κ2) is 11.8. The van der Waals surface area contributed by atoms with Gasteiger partial charge in [0.1, 0.15) is 17.5 Å². The second-order valence-corrected chi connectivity index (χ2v) is 8.52. The zero-order valence-electron chi connectivity index (χ0n) is 18.7. The molecule has 0 radical (unpaired) electrons. The topological polar surface area (TPSA) is 67.9 Å². The summed E-state index contributed by atoms with van der Waals surface area (Å²) in [5, 5.41) is 3.56. The lowest BCUT2D eigenvalue weighted by Crippen LogP contribution is -2.51. The molecule has 32 heavy (non-hydrogen) atoms. The maximum Gasteiger partial charge on any atom is 0.261 e. The van der Waals surface area contributed by atoms with Crippen molar-refractivity contribution in [3.63, 3.8) is 0 Å². The highest BCUT2D eigenvalue weighted by molar-refractivity contribution is 6.32. The lowest BCUT2D eigenvalue weighted by Gasteiger charge is -2.31. The number of carbonyl (C=O) groups excluding carboxylic acids is 2. The molecule has 0 heterocycles. The largest absolute Gasteiger partial charge is 0.497 e. The Hall–Kier alpha value is -2.73. The Morgan fingerprint density at radius 1 is 1.09 bits per heavy atom. The third-order valence-corrected chi connectivity index (χ3v) is 6.13. The highest BCUT2D eigenvalue weighted by atomic mass is 35.5. The maximum atomic E-state index is 13.1. The number of ether oxygens (including phenoxy) is 2. The number of hydrogen-bond acceptors (Lipinski definition) is 4. The predicted molar refractivity (Wildman–Crippen MR) is 125 cm³/mol. The minimum absolute atomic E-state index is 0.142. The minimum Gasteiger partial charge on any atom is -0.497 e. The molecule has 1 atom stereocenters. The first-order valence-corrected chi connectivity index (χ1v) is 11.5. The third-order valence-electron chi connectivity index (χ3n) is 5.82. The van der Waals surface area contributed by atoms with Crippen LogP contribution in [0.2, 0.25) is 5.02 Å². The molecule has 3 rings (SSSR count). The first-order valence-electron chi connectivity index (χ1n) is 11.1. The van der Waals surface area contributed by atoms with Crippen LogP contribution in [0.4, 0.5) is 0 Å². The molecule has 7 heteroatoms. The van der Waals surface area contributed by atoms with Gasteiger partial charge in [-0.1, -0.05) is 55.1 Å². The first kappa shape index (κ1) is 23.9. The van der Waals surface area contributed by atoms with Gasteiger partial charge >= 0.3 is 0 Å². The van der Waals surface area contributed by atoms with Gasteiger partial charge in [0.05, 0.1) is 12.1 Å². The zero-order chi connectivity index (χ0) is 22.9. The molecule has 0 saturated heterocycles. The Balaban J connectivity index is 1.71. The number of carbonyl (C=O) groups is 2. The van der Waals surface area contributed by atoms with E-state index >= 15 is 0 Å². The van der Waals surface area contributed by atoms with E-state index < -0.39 is 6.04 Å². The summed E-state index contributed by atoms with van der Waals surface area (Å²) in [5.74, 6) is 0.742. The molecule has 2 aromatic rings. The number of methoxy groups -OCH3 is 1. The van der Waals surface area contributed by atoms with Gasteiger partial charge in [0.15, 0.2) is 6.61 Å². The Bertz CT molecular complexity index is 897. The van der Waals surface area contributed by atoms with Crippen molar-refractivity contribution in [1.82, 2.24) is 10.2 Å². The van der Waals surface area contributed by atoms with E-state index in [1.165, 1.54) is 6.42 Å². The average molecular weight is 459 g/mol. The van der Waals surface area contributed by atoms with Gasteiger partial charge in [-0.25, -0.2) is 0 Å². The number of rotatable bonds is 9. The number of halogens is 1. The van der Waals surface area contributed by atoms with E-state index in [9.17, 15) is 9.59 Å². The fourth-order valence-electron chi connectivity index (χ4n) is 3.86. The van der Waals surface area contributed by atoms with E-state index in [1.807, 2.05) is 24.3 Å². The van der Waals surface area contributed by atoms with Gasteiger partial charge in [-0.2, -0.15) is 0 Å². The van der Waals surface area contributed by atoms with Crippen molar-refractivity contribution in [2.45, 2.75) is 57.7 Å². The van der Waals surface area contributed by atoms with Crippen molar-refractivity contribution in [1.29, 1.82) is 0 Å². The molecule has 1 aliphatic carbocycles. The van der Waals surface area contributed by atoms with E-state index in [0.717, 1.165) is 37.0 Å². The monoisotopic (exact) mass is 458 g/mol. The summed E-state index contributed by atoms with van der Waals surface area (Å²) < 4.78 is 10.9. The summed E-state index contributed by atoms with van der Waals surface area (Å²) in [6.45, 7) is 1.84. The maximum absolute atomic E-state index is 13.1. The number of nitrogens with one attached hydrogen (secondary N) is 1. The third kappa shape index (κ3) is 6.63. The van der Waals surface area contributed by atoms with Crippen molar-refractivity contribution in [3.8, 4) is 11.5 Å². The van der Waals surface area contributed by atoms with E-state index in [1.54, 1.807) is 43.2 Å². The van der Waals surface area contributed by atoms with Crippen molar-refractivity contribution in [2.75, 3.05) is 13.7 Å². The van der Waals surface area contributed by atoms with Crippen LogP contribution in [0.3, 0.4) is 0 Å². The highest BCUT2D eigenvalue weighted by Gasteiger charge is 2.28. The highest BCUT2D eigenvalue weighted by Crippen LogP contribution is 2.23. The van der Waals surface area contributed by atoms with Crippen LogP contribution in [0, 0.1) is 0 Å². The molecular weight excluding hydrogens is 428 g/mol. The van der Waals surface area contributed by atoms with Crippen LogP contribution in [0.5, 0.6) is 11.5 Å². The number of nitrogens with zero attached hydrogens (tertiary/aromatic N) is 1. The molecule has 1 saturated carbocycles. The standard InChI is InChI=1S/C25H31ClN2O4/c1-18(25(30)27-20-8-4-3-5-9-20)28(16-19-12-14-21(31-2)15-13-19)24(29)17-32-23-11-7-6-10-22(23)26/h6-7,10-15,18,20H,3-5,8-9,16-17H2,1-2H3,(H,27,30)/t18-/m1/s1. The van der Waals surface area contributed by atoms with Gasteiger partial charge in [-0.15, -0.1) is 0 Å². The fraction of sp³-hybridized carbons (Fsp3) is 0.440. The number of amides is 2. The Morgan fingerprint density at radius 2 is 1.78 bits per heavy atom. The quantitative estimate of drug-likeness (QED) is 0.596. The first-order chi connectivity index (χ1) is 15.5. The minimum atomic E-state index is -0.638. The van der Waals surface area contributed by atoms with Gasteiger partial charge in [0, 0.05) is 12.6 Å². The molecule has 172 valence electrons. The molecule has 1 N–H and O–H groups in total. The molecule has 1 fully saturated rings. The lowest BCUT2D eigenvalue weighted by atomic mass is 9.95. The molecule has 2 amide bonds. The SMILES string of the molecule is COc1ccc(CN(C(=O)COc2ccccc2Cl)[C@H](C)C(=O)NC2CCCCC2)cc1. The van der Waals surface area contributed by atoms with Gasteiger partial charge in [-0.05, 0) is 49.6 Å². The molecule has 0 aromatic heterocycles. The molecule has 0 unspecified atom stereocenters. The number of para-hydroxylation sites is 1. The van der Waals surface area contributed by atoms with Crippen LogP contribution in [0.15, 0.2) is 48.5 Å². The van der Waals surface area contributed by atoms with Gasteiger partial charge in [0.25, 0.3) is 5.91 Å². The van der Waals surface area contributed by atoms with Gasteiger partial charge in [-0.3, -0.25) is 9.59 Å². The Kier molecular flexibility index (Phi) is 8.80. The van der Waals surface area contributed by atoms with Gasteiger partial charge < -0.3 is 19.7 Å². The predicted octanol–water partition coefficient (Wildman–Crippen LogP) is 4.59. The number of hydrogen-bond donors (Lipinski definition) is 1. The van der Waals surface area contributed by atoms with Crippen LogP contribution in [-0.4, -0.2) is 42.5 Å². The second-order valence-electron chi connectivity index (χ2n) is 8.11. The van der Waals surface area contributed by atoms with Gasteiger partial charge in [0.2, 0.25) is 5.91 Å². The molecule has 2 aromatic carbocycles. The van der Waals surface area contributed by atoms with Crippen LogP contribution in [0.25, 0.3) is 0 Å². The van der Waals surface area contributed by atoms with E-state index in [2.05, 4.69) is 5.32 Å². The van der Waals surface area contributed by atoms with Crippen LogP contribution < -0.4 is 14.8 Å². The van der Waals surface area contributed by atoms with Crippen molar-refractivity contribution >= 4 is 23.4 Å². The van der Waals surface area contributed by atoms with Crippen LogP contribution in [-0.2, 0) is 16.1 Å². The summed E-state index contributed by atoms with van der Waals surface area (Å²) >= 11 is 6.14. The molecule has 0 bridgehead atoms. The molecule has 1 aliphatic rings. The summed E-state index contributed by atoms with van der Waals surface area (Å²) in [4.78, 5) is 27.7.